The average molecular weight is 251 g/mol. The Labute approximate surface area is 107 Å². The lowest BCUT2D eigenvalue weighted by molar-refractivity contribution is -0.140. The molecular weight excluding hydrogens is 233 g/mol. The number of hydrogen-bond acceptors (Lipinski definition) is 3. The lowest BCUT2D eigenvalue weighted by Gasteiger charge is -2.12. The van der Waals surface area contributed by atoms with E-state index in [0.717, 1.165) is 11.3 Å². The van der Waals surface area contributed by atoms with Crippen molar-refractivity contribution in [3.05, 3.63) is 41.7 Å². The van der Waals surface area contributed by atoms with E-state index in [0.29, 0.717) is 6.42 Å². The molecule has 0 atom stereocenters. The molecule has 0 bridgehead atoms. The van der Waals surface area contributed by atoms with Gasteiger partial charge in [-0.2, -0.15) is 4.39 Å². The SMILES string of the molecule is CCOC(=O)/C(F)=C\Cc1cccc(N(C)C)c1. The molecule has 0 aliphatic heterocycles. The number of nitrogens with zero attached hydrogens (tertiary/aromatic N) is 1. The molecule has 0 radical (unpaired) electrons. The summed E-state index contributed by atoms with van der Waals surface area (Å²) in [6.07, 6.45) is 1.61. The number of anilines is 1. The van der Waals surface area contributed by atoms with E-state index in [9.17, 15) is 9.18 Å². The first-order valence-corrected chi connectivity index (χ1v) is 5.83. The summed E-state index contributed by atoms with van der Waals surface area (Å²) in [5.41, 5.74) is 1.98. The van der Waals surface area contributed by atoms with Gasteiger partial charge in [0, 0.05) is 19.8 Å². The van der Waals surface area contributed by atoms with Crippen LogP contribution in [0.15, 0.2) is 36.2 Å². The molecule has 1 rings (SSSR count). The van der Waals surface area contributed by atoms with Gasteiger partial charge in [-0.05, 0) is 37.1 Å². The Kier molecular flexibility index (Phi) is 5.36. The van der Waals surface area contributed by atoms with Crippen LogP contribution >= 0.6 is 0 Å². The summed E-state index contributed by atoms with van der Waals surface area (Å²) in [5.74, 6) is -1.74. The molecular formula is C14H18FNO2. The van der Waals surface area contributed by atoms with E-state index in [1.54, 1.807) is 6.92 Å². The van der Waals surface area contributed by atoms with Gasteiger partial charge < -0.3 is 9.64 Å². The van der Waals surface area contributed by atoms with Gasteiger partial charge in [-0.15, -0.1) is 0 Å². The van der Waals surface area contributed by atoms with Crippen molar-refractivity contribution in [3.8, 4) is 0 Å². The van der Waals surface area contributed by atoms with Crippen molar-refractivity contribution in [2.24, 2.45) is 0 Å². The van der Waals surface area contributed by atoms with Crippen LogP contribution in [-0.4, -0.2) is 26.7 Å². The van der Waals surface area contributed by atoms with Gasteiger partial charge in [-0.3, -0.25) is 0 Å². The molecule has 0 fully saturated rings. The number of hydrogen-bond donors (Lipinski definition) is 0. The molecule has 3 nitrogen and oxygen atoms in total. The molecule has 0 saturated carbocycles. The summed E-state index contributed by atoms with van der Waals surface area (Å²) in [6, 6.07) is 7.71. The van der Waals surface area contributed by atoms with Crippen LogP contribution in [0.4, 0.5) is 10.1 Å². The highest BCUT2D eigenvalue weighted by molar-refractivity contribution is 5.85. The fourth-order valence-corrected chi connectivity index (χ4v) is 1.45. The van der Waals surface area contributed by atoms with Crippen molar-refractivity contribution in [1.29, 1.82) is 0 Å². The van der Waals surface area contributed by atoms with E-state index in [-0.39, 0.29) is 6.61 Å². The van der Waals surface area contributed by atoms with E-state index in [1.807, 2.05) is 43.3 Å². The highest BCUT2D eigenvalue weighted by atomic mass is 19.1. The quantitative estimate of drug-likeness (QED) is 0.595. The number of ether oxygens (including phenoxy) is 1. The van der Waals surface area contributed by atoms with E-state index >= 15 is 0 Å². The maximum absolute atomic E-state index is 13.3. The molecule has 0 aliphatic rings. The van der Waals surface area contributed by atoms with Gasteiger partial charge in [0.05, 0.1) is 6.61 Å². The molecule has 0 saturated heterocycles. The van der Waals surface area contributed by atoms with Crippen molar-refractivity contribution in [3.63, 3.8) is 0 Å². The van der Waals surface area contributed by atoms with Gasteiger partial charge in [-0.1, -0.05) is 12.1 Å². The Hall–Kier alpha value is -1.84. The number of rotatable bonds is 5. The van der Waals surface area contributed by atoms with E-state index in [2.05, 4.69) is 4.74 Å². The summed E-state index contributed by atoms with van der Waals surface area (Å²) >= 11 is 0. The zero-order valence-electron chi connectivity index (χ0n) is 10.9. The van der Waals surface area contributed by atoms with Crippen LogP contribution in [0.3, 0.4) is 0 Å². The highest BCUT2D eigenvalue weighted by Crippen LogP contribution is 2.15. The summed E-state index contributed by atoms with van der Waals surface area (Å²) in [4.78, 5) is 13.0. The Morgan fingerprint density at radius 2 is 2.17 bits per heavy atom. The Morgan fingerprint density at radius 3 is 2.78 bits per heavy atom. The van der Waals surface area contributed by atoms with Crippen LogP contribution < -0.4 is 4.90 Å². The topological polar surface area (TPSA) is 29.5 Å². The molecule has 1 aromatic carbocycles. The first-order valence-electron chi connectivity index (χ1n) is 5.83. The molecule has 0 spiro atoms. The second kappa shape index (κ2) is 6.79. The van der Waals surface area contributed by atoms with Crippen LogP contribution in [0.25, 0.3) is 0 Å². The molecule has 0 amide bonds. The van der Waals surface area contributed by atoms with Crippen molar-refractivity contribution < 1.29 is 13.9 Å². The number of halogens is 1. The van der Waals surface area contributed by atoms with Gasteiger partial charge in [0.25, 0.3) is 0 Å². The van der Waals surface area contributed by atoms with Crippen LogP contribution in [0.1, 0.15) is 12.5 Å². The molecule has 0 aromatic heterocycles. The van der Waals surface area contributed by atoms with Crippen LogP contribution in [0.5, 0.6) is 0 Å². The molecule has 0 aliphatic carbocycles. The highest BCUT2D eigenvalue weighted by Gasteiger charge is 2.08. The lowest BCUT2D eigenvalue weighted by atomic mass is 10.1. The molecule has 98 valence electrons. The number of carbonyl (C=O) groups is 1. The minimum absolute atomic E-state index is 0.177. The maximum atomic E-state index is 13.3. The van der Waals surface area contributed by atoms with E-state index in [4.69, 9.17) is 0 Å². The summed E-state index contributed by atoms with van der Waals surface area (Å²) in [6.45, 7) is 1.82. The number of allylic oxidation sites excluding steroid dienone is 1. The molecule has 0 unspecified atom stereocenters. The average Bonchev–Trinajstić information content (AvgIpc) is 2.36. The predicted octanol–water partition coefficient (Wildman–Crippen LogP) is 2.71. The van der Waals surface area contributed by atoms with Crippen molar-refractivity contribution in [2.45, 2.75) is 13.3 Å². The van der Waals surface area contributed by atoms with Crippen molar-refractivity contribution in [1.82, 2.24) is 0 Å². The first kappa shape index (κ1) is 14.2. The second-order valence-electron chi connectivity index (χ2n) is 4.04. The number of benzene rings is 1. The smallest absolute Gasteiger partial charge is 0.366 e. The van der Waals surface area contributed by atoms with Crippen molar-refractivity contribution >= 4 is 11.7 Å². The molecule has 0 heterocycles. The minimum Gasteiger partial charge on any atom is -0.461 e. The van der Waals surface area contributed by atoms with Crippen molar-refractivity contribution in [2.75, 3.05) is 25.6 Å². The van der Waals surface area contributed by atoms with Gasteiger partial charge in [0.15, 0.2) is 0 Å². The molecule has 4 heteroatoms. The van der Waals surface area contributed by atoms with Gasteiger partial charge in [0.1, 0.15) is 0 Å². The third-order valence-corrected chi connectivity index (χ3v) is 2.41. The van der Waals surface area contributed by atoms with Gasteiger partial charge >= 0.3 is 5.97 Å². The molecule has 1 aromatic rings. The summed E-state index contributed by atoms with van der Waals surface area (Å²) in [7, 11) is 3.88. The predicted molar refractivity (Wildman–Crippen MR) is 70.3 cm³/mol. The Balaban J connectivity index is 2.70. The Bertz CT molecular complexity index is 441. The maximum Gasteiger partial charge on any atom is 0.366 e. The summed E-state index contributed by atoms with van der Waals surface area (Å²) < 4.78 is 17.9. The van der Waals surface area contributed by atoms with Gasteiger partial charge in [0.2, 0.25) is 5.83 Å². The third kappa shape index (κ3) is 4.20. The molecule has 0 N–H and O–H groups in total. The largest absolute Gasteiger partial charge is 0.461 e. The minimum atomic E-state index is -0.902. The van der Waals surface area contributed by atoms with Crippen LogP contribution in [-0.2, 0) is 16.0 Å². The zero-order valence-corrected chi connectivity index (χ0v) is 10.9. The fraction of sp³-hybridized carbons (Fsp3) is 0.357. The lowest BCUT2D eigenvalue weighted by Crippen LogP contribution is -2.08. The molecule has 18 heavy (non-hydrogen) atoms. The third-order valence-electron chi connectivity index (χ3n) is 2.41. The Morgan fingerprint density at radius 1 is 1.44 bits per heavy atom. The normalized spacial score (nSPS) is 11.2. The van der Waals surface area contributed by atoms with Crippen LogP contribution in [0, 0.1) is 0 Å². The zero-order chi connectivity index (χ0) is 13.5. The fourth-order valence-electron chi connectivity index (χ4n) is 1.45. The van der Waals surface area contributed by atoms with Gasteiger partial charge in [-0.25, -0.2) is 4.79 Å². The second-order valence-corrected chi connectivity index (χ2v) is 4.04. The standard InChI is InChI=1S/C14H18FNO2/c1-4-18-14(17)13(15)9-8-11-6-5-7-12(10-11)16(2)3/h5-7,9-10H,4,8H2,1-3H3/b13-9+. The van der Waals surface area contributed by atoms with E-state index < -0.39 is 11.8 Å². The number of carbonyl (C=O) groups excluding carboxylic acids is 1. The summed E-state index contributed by atoms with van der Waals surface area (Å²) in [5, 5.41) is 0. The van der Waals surface area contributed by atoms with Crippen LogP contribution in [0.2, 0.25) is 0 Å². The van der Waals surface area contributed by atoms with E-state index in [1.165, 1.54) is 6.08 Å². The first-order chi connectivity index (χ1) is 8.54. The number of esters is 1. The monoisotopic (exact) mass is 251 g/mol.